The monoisotopic (exact) mass is 194 g/mol. The first-order valence-electron chi connectivity index (χ1n) is 3.72. The van der Waals surface area contributed by atoms with Gasteiger partial charge in [0.2, 0.25) is 0 Å². The fourth-order valence-electron chi connectivity index (χ4n) is 0.838. The SMILES string of the molecule is CO[C@@H](C(=O)[C@@H](O)CO)C(O)CO. The lowest BCUT2D eigenvalue weighted by Crippen LogP contribution is -2.44. The summed E-state index contributed by atoms with van der Waals surface area (Å²) in [7, 11) is 1.16. The second kappa shape index (κ2) is 6.01. The quantitative estimate of drug-likeness (QED) is 0.366. The highest BCUT2D eigenvalue weighted by Crippen LogP contribution is 2.02. The van der Waals surface area contributed by atoms with E-state index in [1.807, 2.05) is 0 Å². The maximum absolute atomic E-state index is 11.1. The number of carbonyl (C=O) groups excluding carboxylic acids is 1. The predicted octanol–water partition coefficient (Wildman–Crippen LogP) is -2.72. The molecule has 3 atom stereocenters. The zero-order valence-corrected chi connectivity index (χ0v) is 7.25. The number of hydrogen-bond acceptors (Lipinski definition) is 6. The molecule has 0 rings (SSSR count). The molecule has 6 nitrogen and oxygen atoms in total. The molecule has 4 N–H and O–H groups in total. The molecule has 6 heteroatoms. The molecule has 78 valence electrons. The van der Waals surface area contributed by atoms with E-state index in [1.54, 1.807) is 0 Å². The summed E-state index contributed by atoms with van der Waals surface area (Å²) < 4.78 is 4.56. The number of aliphatic hydroxyl groups is 4. The van der Waals surface area contributed by atoms with Crippen LogP contribution in [0.5, 0.6) is 0 Å². The summed E-state index contributed by atoms with van der Waals surface area (Å²) >= 11 is 0. The zero-order valence-electron chi connectivity index (χ0n) is 7.25. The van der Waals surface area contributed by atoms with Crippen molar-refractivity contribution in [3.05, 3.63) is 0 Å². The Hall–Kier alpha value is -0.530. The van der Waals surface area contributed by atoms with Crippen molar-refractivity contribution in [3.8, 4) is 0 Å². The van der Waals surface area contributed by atoms with Crippen LogP contribution < -0.4 is 0 Å². The van der Waals surface area contributed by atoms with Gasteiger partial charge in [0, 0.05) is 7.11 Å². The Labute approximate surface area is 75.4 Å². The van der Waals surface area contributed by atoms with Gasteiger partial charge in [0.25, 0.3) is 0 Å². The van der Waals surface area contributed by atoms with E-state index in [2.05, 4.69) is 4.74 Å². The van der Waals surface area contributed by atoms with E-state index in [1.165, 1.54) is 0 Å². The van der Waals surface area contributed by atoms with Crippen LogP contribution in [0.2, 0.25) is 0 Å². The minimum absolute atomic E-state index is 0.650. The summed E-state index contributed by atoms with van der Waals surface area (Å²) in [6, 6.07) is 0. The summed E-state index contributed by atoms with van der Waals surface area (Å²) in [5.41, 5.74) is 0. The molecule has 0 aromatic heterocycles. The summed E-state index contributed by atoms with van der Waals surface area (Å²) in [5, 5.41) is 34.9. The molecule has 0 spiro atoms. The van der Waals surface area contributed by atoms with Crippen LogP contribution in [0.15, 0.2) is 0 Å². The van der Waals surface area contributed by atoms with Gasteiger partial charge in [-0.25, -0.2) is 0 Å². The number of hydrogen-bond donors (Lipinski definition) is 4. The van der Waals surface area contributed by atoms with Gasteiger partial charge >= 0.3 is 0 Å². The van der Waals surface area contributed by atoms with Crippen LogP contribution in [-0.4, -0.2) is 64.8 Å². The fraction of sp³-hybridized carbons (Fsp3) is 0.857. The lowest BCUT2D eigenvalue weighted by molar-refractivity contribution is -0.147. The van der Waals surface area contributed by atoms with Gasteiger partial charge in [0.1, 0.15) is 18.3 Å². The highest BCUT2D eigenvalue weighted by Gasteiger charge is 2.30. The molecule has 1 unspecified atom stereocenters. The number of ether oxygens (including phenoxy) is 1. The van der Waals surface area contributed by atoms with Gasteiger partial charge in [-0.2, -0.15) is 0 Å². The van der Waals surface area contributed by atoms with Crippen molar-refractivity contribution >= 4 is 5.78 Å². The fourth-order valence-corrected chi connectivity index (χ4v) is 0.838. The van der Waals surface area contributed by atoms with Gasteiger partial charge in [-0.15, -0.1) is 0 Å². The Balaban J connectivity index is 4.31. The van der Waals surface area contributed by atoms with E-state index in [4.69, 9.17) is 20.4 Å². The molecule has 0 aliphatic carbocycles. The number of aliphatic hydroxyl groups excluding tert-OH is 4. The maximum atomic E-state index is 11.1. The molecule has 0 aliphatic rings. The molecule has 0 aromatic rings. The second-order valence-electron chi connectivity index (χ2n) is 2.51. The first-order valence-corrected chi connectivity index (χ1v) is 3.72. The molecule has 0 fully saturated rings. The molecule has 0 amide bonds. The molecule has 0 bridgehead atoms. The molecule has 0 saturated carbocycles. The molecule has 13 heavy (non-hydrogen) atoms. The largest absolute Gasteiger partial charge is 0.394 e. The maximum Gasteiger partial charge on any atom is 0.194 e. The lowest BCUT2D eigenvalue weighted by atomic mass is 10.1. The zero-order chi connectivity index (χ0) is 10.4. The number of Topliss-reactive ketones (excluding diaryl/α,β-unsaturated/α-hetero) is 1. The van der Waals surface area contributed by atoms with E-state index >= 15 is 0 Å². The number of ketones is 1. The third-order valence-corrected chi connectivity index (χ3v) is 1.57. The molecule has 0 radical (unpaired) electrons. The van der Waals surface area contributed by atoms with Crippen LogP contribution in [0.1, 0.15) is 0 Å². The van der Waals surface area contributed by atoms with Crippen molar-refractivity contribution in [2.45, 2.75) is 18.3 Å². The van der Waals surface area contributed by atoms with Gasteiger partial charge in [-0.3, -0.25) is 4.79 Å². The average Bonchev–Trinajstić information content (AvgIpc) is 2.17. The summed E-state index contributed by atoms with van der Waals surface area (Å²) in [4.78, 5) is 11.1. The smallest absolute Gasteiger partial charge is 0.194 e. The Morgan fingerprint density at radius 1 is 1.31 bits per heavy atom. The van der Waals surface area contributed by atoms with Crippen LogP contribution in [0.25, 0.3) is 0 Å². The van der Waals surface area contributed by atoms with Crippen LogP contribution >= 0.6 is 0 Å². The molecular formula is C7H14O6. The van der Waals surface area contributed by atoms with E-state index in [0.717, 1.165) is 7.11 Å². The highest BCUT2D eigenvalue weighted by atomic mass is 16.5. The first kappa shape index (κ1) is 12.5. The van der Waals surface area contributed by atoms with Crippen LogP contribution in [0.4, 0.5) is 0 Å². The van der Waals surface area contributed by atoms with Crippen LogP contribution in [0, 0.1) is 0 Å². The Morgan fingerprint density at radius 2 is 1.85 bits per heavy atom. The van der Waals surface area contributed by atoms with Crippen molar-refractivity contribution in [1.29, 1.82) is 0 Å². The van der Waals surface area contributed by atoms with Gasteiger partial charge in [0.05, 0.1) is 13.2 Å². The Bertz CT molecular complexity index is 159. The number of rotatable bonds is 6. The van der Waals surface area contributed by atoms with Gasteiger partial charge in [0.15, 0.2) is 5.78 Å². The van der Waals surface area contributed by atoms with Crippen LogP contribution in [0.3, 0.4) is 0 Å². The molecular weight excluding hydrogens is 180 g/mol. The van der Waals surface area contributed by atoms with Crippen molar-refractivity contribution in [3.63, 3.8) is 0 Å². The van der Waals surface area contributed by atoms with Gasteiger partial charge in [-0.05, 0) is 0 Å². The minimum atomic E-state index is -1.59. The Morgan fingerprint density at radius 3 is 2.15 bits per heavy atom. The minimum Gasteiger partial charge on any atom is -0.394 e. The lowest BCUT2D eigenvalue weighted by Gasteiger charge is -2.20. The number of carbonyl (C=O) groups is 1. The predicted molar refractivity (Wildman–Crippen MR) is 42.0 cm³/mol. The highest BCUT2D eigenvalue weighted by molar-refractivity contribution is 5.87. The molecule has 0 aromatic carbocycles. The second-order valence-corrected chi connectivity index (χ2v) is 2.51. The molecule has 0 saturated heterocycles. The van der Waals surface area contributed by atoms with Crippen molar-refractivity contribution in [1.82, 2.24) is 0 Å². The van der Waals surface area contributed by atoms with Gasteiger partial charge in [-0.1, -0.05) is 0 Å². The number of methoxy groups -OCH3 is 1. The third-order valence-electron chi connectivity index (χ3n) is 1.57. The summed E-state index contributed by atoms with van der Waals surface area (Å²) in [5.74, 6) is -0.855. The summed E-state index contributed by atoms with van der Waals surface area (Å²) in [6.45, 7) is -1.39. The van der Waals surface area contributed by atoms with Crippen molar-refractivity contribution < 1.29 is 30.0 Å². The van der Waals surface area contributed by atoms with E-state index in [0.29, 0.717) is 0 Å². The molecule has 0 heterocycles. The Kier molecular flexibility index (Phi) is 5.76. The van der Waals surface area contributed by atoms with Crippen molar-refractivity contribution in [2.24, 2.45) is 0 Å². The van der Waals surface area contributed by atoms with Crippen LogP contribution in [-0.2, 0) is 9.53 Å². The van der Waals surface area contributed by atoms with E-state index < -0.39 is 37.3 Å². The normalized spacial score (nSPS) is 17.9. The summed E-state index contributed by atoms with van der Waals surface area (Å²) in [6.07, 6.45) is -4.29. The third kappa shape index (κ3) is 3.37. The van der Waals surface area contributed by atoms with Crippen molar-refractivity contribution in [2.75, 3.05) is 20.3 Å². The standard InChI is InChI=1S/C7H14O6/c1-13-7(5(11)3-9)6(12)4(10)2-8/h4-5,7-11H,2-3H2,1H3/t4-,5?,7+/m0/s1. The van der Waals surface area contributed by atoms with Gasteiger partial charge < -0.3 is 25.2 Å². The average molecular weight is 194 g/mol. The van der Waals surface area contributed by atoms with E-state index in [-0.39, 0.29) is 0 Å². The molecule has 0 aliphatic heterocycles. The first-order chi connectivity index (χ1) is 6.08. The topological polar surface area (TPSA) is 107 Å². The van der Waals surface area contributed by atoms with E-state index in [9.17, 15) is 4.79 Å².